The number of hydrogen-bond donors (Lipinski definition) is 0. The van der Waals surface area contributed by atoms with E-state index >= 15 is 0 Å². The van der Waals surface area contributed by atoms with Gasteiger partial charge in [0.25, 0.3) is 0 Å². The number of fused-ring (bicyclic) bond motifs is 1. The Morgan fingerprint density at radius 1 is 1.25 bits per heavy atom. The third-order valence-electron chi connectivity index (χ3n) is 4.02. The molecule has 106 valence electrons. The molecule has 4 heteroatoms. The van der Waals surface area contributed by atoms with Crippen LogP contribution in [0, 0.1) is 0 Å². The monoisotopic (exact) mass is 273 g/mol. The quantitative estimate of drug-likeness (QED) is 0.859. The van der Waals surface area contributed by atoms with E-state index in [2.05, 4.69) is 36.2 Å². The Bertz CT molecular complexity index is 631. The SMILES string of the molecule is COC1=CCC(c2cccc3cocc23)N(C)C1OC. The summed E-state index contributed by atoms with van der Waals surface area (Å²) in [7, 11) is 5.45. The van der Waals surface area contributed by atoms with Crippen molar-refractivity contribution >= 4 is 10.8 Å². The summed E-state index contributed by atoms with van der Waals surface area (Å²) in [4.78, 5) is 2.20. The minimum atomic E-state index is -0.152. The molecule has 2 aromatic rings. The Hall–Kier alpha value is -1.78. The third-order valence-corrected chi connectivity index (χ3v) is 4.02. The van der Waals surface area contributed by atoms with Gasteiger partial charge in [-0.1, -0.05) is 18.2 Å². The lowest BCUT2D eigenvalue weighted by molar-refractivity contribution is -0.0533. The first-order valence-corrected chi connectivity index (χ1v) is 6.70. The number of likely N-dealkylation sites (N-methyl/N-ethyl adjacent to an activating group) is 1. The normalized spacial score (nSPS) is 23.9. The van der Waals surface area contributed by atoms with E-state index < -0.39 is 0 Å². The lowest BCUT2D eigenvalue weighted by Gasteiger charge is -2.38. The van der Waals surface area contributed by atoms with Crippen molar-refractivity contribution in [3.8, 4) is 0 Å². The van der Waals surface area contributed by atoms with Crippen molar-refractivity contribution in [2.45, 2.75) is 18.7 Å². The van der Waals surface area contributed by atoms with Crippen molar-refractivity contribution in [2.75, 3.05) is 21.3 Å². The molecule has 1 aromatic carbocycles. The van der Waals surface area contributed by atoms with E-state index in [0.717, 1.165) is 23.0 Å². The maximum Gasteiger partial charge on any atom is 0.168 e. The predicted octanol–water partition coefficient (Wildman–Crippen LogP) is 3.31. The topological polar surface area (TPSA) is 34.8 Å². The molecule has 3 rings (SSSR count). The number of nitrogens with zero attached hydrogens (tertiary/aromatic N) is 1. The largest absolute Gasteiger partial charge is 0.497 e. The Morgan fingerprint density at radius 2 is 2.10 bits per heavy atom. The van der Waals surface area contributed by atoms with E-state index in [1.807, 2.05) is 6.26 Å². The van der Waals surface area contributed by atoms with Gasteiger partial charge in [0.15, 0.2) is 6.23 Å². The molecule has 0 spiro atoms. The first-order chi connectivity index (χ1) is 9.76. The summed E-state index contributed by atoms with van der Waals surface area (Å²) in [6.07, 6.45) is 6.45. The molecule has 2 atom stereocenters. The van der Waals surface area contributed by atoms with Crippen LogP contribution >= 0.6 is 0 Å². The van der Waals surface area contributed by atoms with Crippen molar-refractivity contribution < 1.29 is 13.9 Å². The average molecular weight is 273 g/mol. The Balaban J connectivity index is 2.02. The van der Waals surface area contributed by atoms with Crippen LogP contribution in [0.3, 0.4) is 0 Å². The molecule has 0 N–H and O–H groups in total. The smallest absolute Gasteiger partial charge is 0.168 e. The van der Waals surface area contributed by atoms with Gasteiger partial charge in [0.1, 0.15) is 5.76 Å². The summed E-state index contributed by atoms with van der Waals surface area (Å²) in [6.45, 7) is 0. The zero-order chi connectivity index (χ0) is 14.1. The minimum Gasteiger partial charge on any atom is -0.497 e. The van der Waals surface area contributed by atoms with E-state index in [1.54, 1.807) is 20.5 Å². The Kier molecular flexibility index (Phi) is 3.51. The number of hydrogen-bond acceptors (Lipinski definition) is 4. The lowest BCUT2D eigenvalue weighted by atomic mass is 9.95. The molecule has 20 heavy (non-hydrogen) atoms. The molecule has 2 unspecified atom stereocenters. The molecule has 0 amide bonds. The van der Waals surface area contributed by atoms with Crippen LogP contribution in [0.4, 0.5) is 0 Å². The maximum absolute atomic E-state index is 5.56. The number of ether oxygens (including phenoxy) is 2. The number of benzene rings is 1. The number of methoxy groups -OCH3 is 2. The van der Waals surface area contributed by atoms with Gasteiger partial charge in [0.2, 0.25) is 0 Å². The van der Waals surface area contributed by atoms with Crippen LogP contribution in [0.1, 0.15) is 18.0 Å². The Labute approximate surface area is 118 Å². The van der Waals surface area contributed by atoms with E-state index in [4.69, 9.17) is 13.9 Å². The molecule has 1 aromatic heterocycles. The van der Waals surface area contributed by atoms with Gasteiger partial charge in [-0.2, -0.15) is 0 Å². The van der Waals surface area contributed by atoms with E-state index in [9.17, 15) is 0 Å². The van der Waals surface area contributed by atoms with Gasteiger partial charge in [-0.25, -0.2) is 0 Å². The standard InChI is InChI=1S/C16H19NO3/c1-17-14(7-8-15(18-2)16(17)19-3)12-6-4-5-11-9-20-10-13(11)12/h4-6,8-10,14,16H,7H2,1-3H3. The zero-order valence-corrected chi connectivity index (χ0v) is 12.0. The molecule has 0 radical (unpaired) electrons. The highest BCUT2D eigenvalue weighted by Crippen LogP contribution is 2.36. The fourth-order valence-electron chi connectivity index (χ4n) is 2.98. The molecule has 0 bridgehead atoms. The maximum atomic E-state index is 5.56. The number of rotatable bonds is 3. The van der Waals surface area contributed by atoms with Crippen LogP contribution in [0.5, 0.6) is 0 Å². The van der Waals surface area contributed by atoms with Gasteiger partial charge in [-0.3, -0.25) is 4.90 Å². The molecule has 1 aliphatic heterocycles. The van der Waals surface area contributed by atoms with Crippen LogP contribution in [0.25, 0.3) is 10.8 Å². The van der Waals surface area contributed by atoms with Gasteiger partial charge < -0.3 is 13.9 Å². The highest BCUT2D eigenvalue weighted by molar-refractivity contribution is 5.84. The van der Waals surface area contributed by atoms with Gasteiger partial charge in [0.05, 0.1) is 19.6 Å². The predicted molar refractivity (Wildman–Crippen MR) is 77.2 cm³/mol. The van der Waals surface area contributed by atoms with Gasteiger partial charge in [-0.05, 0) is 25.1 Å². The van der Waals surface area contributed by atoms with Crippen LogP contribution < -0.4 is 0 Å². The average Bonchev–Trinajstić information content (AvgIpc) is 2.95. The van der Waals surface area contributed by atoms with Crippen LogP contribution in [-0.4, -0.2) is 32.4 Å². The first kappa shape index (κ1) is 13.2. The molecule has 0 aliphatic carbocycles. The molecular formula is C16H19NO3. The van der Waals surface area contributed by atoms with Crippen molar-refractivity contribution in [2.24, 2.45) is 0 Å². The highest BCUT2D eigenvalue weighted by Gasteiger charge is 2.32. The molecule has 0 fully saturated rings. The second-order valence-corrected chi connectivity index (χ2v) is 5.04. The van der Waals surface area contributed by atoms with Crippen LogP contribution in [0.2, 0.25) is 0 Å². The second-order valence-electron chi connectivity index (χ2n) is 5.04. The first-order valence-electron chi connectivity index (χ1n) is 6.70. The zero-order valence-electron chi connectivity index (χ0n) is 12.0. The Morgan fingerprint density at radius 3 is 2.85 bits per heavy atom. The van der Waals surface area contributed by atoms with Crippen molar-refractivity contribution in [1.82, 2.24) is 4.90 Å². The summed E-state index contributed by atoms with van der Waals surface area (Å²) < 4.78 is 16.3. The van der Waals surface area contributed by atoms with Crippen LogP contribution in [-0.2, 0) is 9.47 Å². The van der Waals surface area contributed by atoms with Gasteiger partial charge in [-0.15, -0.1) is 0 Å². The number of furan rings is 1. The van der Waals surface area contributed by atoms with Crippen molar-refractivity contribution in [3.63, 3.8) is 0 Å². The summed E-state index contributed by atoms with van der Waals surface area (Å²) >= 11 is 0. The molecule has 2 heterocycles. The summed E-state index contributed by atoms with van der Waals surface area (Å²) in [5.41, 5.74) is 1.26. The van der Waals surface area contributed by atoms with Gasteiger partial charge in [0, 0.05) is 23.9 Å². The molecular weight excluding hydrogens is 254 g/mol. The van der Waals surface area contributed by atoms with Gasteiger partial charge >= 0.3 is 0 Å². The fourth-order valence-corrected chi connectivity index (χ4v) is 2.98. The van der Waals surface area contributed by atoms with Crippen molar-refractivity contribution in [1.29, 1.82) is 0 Å². The van der Waals surface area contributed by atoms with Crippen LogP contribution in [0.15, 0.2) is 47.0 Å². The molecule has 0 saturated heterocycles. The van der Waals surface area contributed by atoms with E-state index in [-0.39, 0.29) is 12.3 Å². The highest BCUT2D eigenvalue weighted by atomic mass is 16.5. The van der Waals surface area contributed by atoms with E-state index in [1.165, 1.54) is 5.56 Å². The second kappa shape index (κ2) is 5.31. The third kappa shape index (κ3) is 2.01. The summed E-state index contributed by atoms with van der Waals surface area (Å²) in [5.74, 6) is 0.866. The summed E-state index contributed by atoms with van der Waals surface area (Å²) in [5, 5.41) is 2.29. The molecule has 0 saturated carbocycles. The van der Waals surface area contributed by atoms with Crippen molar-refractivity contribution in [3.05, 3.63) is 48.1 Å². The fraction of sp³-hybridized carbons (Fsp3) is 0.375. The lowest BCUT2D eigenvalue weighted by Crippen LogP contribution is -2.41. The molecule has 1 aliphatic rings. The van der Waals surface area contributed by atoms with E-state index in [0.29, 0.717) is 0 Å². The molecule has 4 nitrogen and oxygen atoms in total. The summed E-state index contributed by atoms with van der Waals surface area (Å²) in [6, 6.07) is 6.53. The minimum absolute atomic E-state index is 0.152.